The van der Waals surface area contributed by atoms with E-state index in [9.17, 15) is 9.90 Å². The maximum absolute atomic E-state index is 11.5. The van der Waals surface area contributed by atoms with Gasteiger partial charge in [0.05, 0.1) is 13.1 Å². The van der Waals surface area contributed by atoms with Crippen molar-refractivity contribution in [2.75, 3.05) is 13.1 Å². The summed E-state index contributed by atoms with van der Waals surface area (Å²) in [6.45, 7) is 10.1. The van der Waals surface area contributed by atoms with Crippen LogP contribution in [-0.2, 0) is 4.74 Å². The van der Waals surface area contributed by atoms with Crippen molar-refractivity contribution in [2.45, 2.75) is 45.8 Å². The number of aliphatic hydroxyl groups is 1. The van der Waals surface area contributed by atoms with Crippen molar-refractivity contribution < 1.29 is 14.6 Å². The van der Waals surface area contributed by atoms with Crippen molar-refractivity contribution in [3.05, 3.63) is 0 Å². The van der Waals surface area contributed by atoms with Crippen LogP contribution in [0.5, 0.6) is 0 Å². The van der Waals surface area contributed by atoms with Gasteiger partial charge in [-0.2, -0.15) is 0 Å². The molecule has 0 aromatic rings. The molecular weight excluding hydrogens is 194 g/mol. The van der Waals surface area contributed by atoms with Crippen LogP contribution in [-0.4, -0.2) is 40.4 Å². The molecule has 1 heterocycles. The molecule has 1 amide bonds. The molecule has 0 atom stereocenters. The molecule has 4 nitrogen and oxygen atoms in total. The van der Waals surface area contributed by atoms with E-state index in [4.69, 9.17) is 4.74 Å². The van der Waals surface area contributed by atoms with Crippen molar-refractivity contribution in [2.24, 2.45) is 5.92 Å². The first kappa shape index (κ1) is 12.3. The molecule has 0 saturated carbocycles. The van der Waals surface area contributed by atoms with Crippen molar-refractivity contribution in [3.8, 4) is 0 Å². The summed E-state index contributed by atoms with van der Waals surface area (Å²) in [5, 5.41) is 9.96. The van der Waals surface area contributed by atoms with Gasteiger partial charge in [0.15, 0.2) is 0 Å². The zero-order valence-electron chi connectivity index (χ0n) is 10.2. The fourth-order valence-corrected chi connectivity index (χ4v) is 1.44. The quantitative estimate of drug-likeness (QED) is 0.723. The maximum Gasteiger partial charge on any atom is 0.410 e. The van der Waals surface area contributed by atoms with Crippen LogP contribution in [0.25, 0.3) is 0 Å². The summed E-state index contributed by atoms with van der Waals surface area (Å²) in [5.74, 6) is 0.163. The number of rotatable bonds is 1. The van der Waals surface area contributed by atoms with Gasteiger partial charge in [-0.1, -0.05) is 13.8 Å². The molecule has 0 aromatic heterocycles. The lowest BCUT2D eigenvalue weighted by molar-refractivity contribution is -0.124. The number of carbonyl (C=O) groups excluding carboxylic acids is 1. The Balaban J connectivity index is 2.42. The van der Waals surface area contributed by atoms with E-state index >= 15 is 0 Å². The molecule has 0 aromatic carbocycles. The van der Waals surface area contributed by atoms with Crippen LogP contribution in [0.3, 0.4) is 0 Å². The second-order valence-electron chi connectivity index (χ2n) is 5.59. The minimum atomic E-state index is -0.725. The Kier molecular flexibility index (Phi) is 3.01. The van der Waals surface area contributed by atoms with Crippen molar-refractivity contribution >= 4 is 6.09 Å². The zero-order chi connectivity index (χ0) is 11.9. The highest BCUT2D eigenvalue weighted by molar-refractivity contribution is 5.69. The average Bonchev–Trinajstić information content (AvgIpc) is 1.94. The Bertz CT molecular complexity index is 249. The third kappa shape index (κ3) is 2.84. The predicted molar refractivity (Wildman–Crippen MR) is 57.6 cm³/mol. The highest BCUT2D eigenvalue weighted by atomic mass is 16.6. The number of likely N-dealkylation sites (tertiary alicyclic amines) is 1. The summed E-state index contributed by atoms with van der Waals surface area (Å²) in [6.07, 6.45) is -0.340. The lowest BCUT2D eigenvalue weighted by Gasteiger charge is -2.48. The molecule has 88 valence electrons. The van der Waals surface area contributed by atoms with E-state index in [1.54, 1.807) is 0 Å². The monoisotopic (exact) mass is 215 g/mol. The molecule has 1 fully saturated rings. The van der Waals surface area contributed by atoms with Gasteiger partial charge >= 0.3 is 6.09 Å². The largest absolute Gasteiger partial charge is 0.444 e. The van der Waals surface area contributed by atoms with E-state index in [-0.39, 0.29) is 12.0 Å². The molecule has 0 unspecified atom stereocenters. The van der Waals surface area contributed by atoms with Gasteiger partial charge in [-0.05, 0) is 26.7 Å². The van der Waals surface area contributed by atoms with E-state index < -0.39 is 11.2 Å². The number of hydrogen-bond acceptors (Lipinski definition) is 3. The van der Waals surface area contributed by atoms with Gasteiger partial charge in [-0.3, -0.25) is 0 Å². The minimum absolute atomic E-state index is 0.163. The number of hydrogen-bond donors (Lipinski definition) is 1. The molecule has 1 saturated heterocycles. The lowest BCUT2D eigenvalue weighted by Crippen LogP contribution is -2.66. The third-order valence-corrected chi connectivity index (χ3v) is 2.66. The van der Waals surface area contributed by atoms with Gasteiger partial charge in [0.25, 0.3) is 0 Å². The first-order chi connectivity index (χ1) is 6.64. The van der Waals surface area contributed by atoms with Crippen LogP contribution in [0, 0.1) is 5.92 Å². The Morgan fingerprint density at radius 3 is 2.20 bits per heavy atom. The van der Waals surface area contributed by atoms with Crippen LogP contribution in [0.15, 0.2) is 0 Å². The van der Waals surface area contributed by atoms with Crippen LogP contribution in [0.1, 0.15) is 34.6 Å². The molecule has 0 bridgehead atoms. The highest BCUT2D eigenvalue weighted by Gasteiger charge is 2.47. The van der Waals surface area contributed by atoms with Crippen molar-refractivity contribution in [1.29, 1.82) is 0 Å². The van der Waals surface area contributed by atoms with E-state index in [0.717, 1.165) is 0 Å². The number of ether oxygens (including phenoxy) is 1. The maximum atomic E-state index is 11.5. The van der Waals surface area contributed by atoms with E-state index in [1.165, 1.54) is 4.90 Å². The van der Waals surface area contributed by atoms with Gasteiger partial charge < -0.3 is 14.7 Å². The molecule has 1 aliphatic heterocycles. The van der Waals surface area contributed by atoms with Gasteiger partial charge in [-0.15, -0.1) is 0 Å². The van der Waals surface area contributed by atoms with Gasteiger partial charge in [0.1, 0.15) is 11.2 Å². The topological polar surface area (TPSA) is 49.8 Å². The number of amides is 1. The Hall–Kier alpha value is -0.770. The van der Waals surface area contributed by atoms with E-state index in [2.05, 4.69) is 0 Å². The Morgan fingerprint density at radius 1 is 1.40 bits per heavy atom. The summed E-state index contributed by atoms with van der Waals surface area (Å²) < 4.78 is 5.19. The lowest BCUT2D eigenvalue weighted by atomic mass is 9.83. The molecule has 15 heavy (non-hydrogen) atoms. The third-order valence-electron chi connectivity index (χ3n) is 2.66. The highest BCUT2D eigenvalue weighted by Crippen LogP contribution is 2.29. The fourth-order valence-electron chi connectivity index (χ4n) is 1.44. The van der Waals surface area contributed by atoms with Crippen molar-refractivity contribution in [1.82, 2.24) is 4.90 Å². The molecule has 1 N–H and O–H groups in total. The first-order valence-electron chi connectivity index (χ1n) is 5.34. The molecular formula is C11H21NO3. The number of nitrogens with zero attached hydrogens (tertiary/aromatic N) is 1. The van der Waals surface area contributed by atoms with Crippen LogP contribution < -0.4 is 0 Å². The second-order valence-corrected chi connectivity index (χ2v) is 5.59. The summed E-state index contributed by atoms with van der Waals surface area (Å²) >= 11 is 0. The predicted octanol–water partition coefficient (Wildman–Crippen LogP) is 1.62. The second kappa shape index (κ2) is 3.67. The summed E-state index contributed by atoms with van der Waals surface area (Å²) in [5.41, 5.74) is -1.19. The van der Waals surface area contributed by atoms with Crippen LogP contribution in [0.2, 0.25) is 0 Å². The molecule has 1 rings (SSSR count). The normalized spacial score (nSPS) is 20.1. The SMILES string of the molecule is CC(C)C1(O)CN(C(=O)OC(C)(C)C)C1. The number of carbonyl (C=O) groups is 1. The minimum Gasteiger partial charge on any atom is -0.444 e. The molecule has 0 spiro atoms. The van der Waals surface area contributed by atoms with Crippen LogP contribution >= 0.6 is 0 Å². The molecule has 0 aliphatic carbocycles. The first-order valence-corrected chi connectivity index (χ1v) is 5.34. The summed E-state index contributed by atoms with van der Waals surface area (Å²) in [6, 6.07) is 0. The molecule has 0 radical (unpaired) electrons. The Morgan fingerprint density at radius 2 is 1.87 bits per heavy atom. The van der Waals surface area contributed by atoms with Gasteiger partial charge in [-0.25, -0.2) is 4.79 Å². The van der Waals surface area contributed by atoms with E-state index in [1.807, 2.05) is 34.6 Å². The van der Waals surface area contributed by atoms with Gasteiger partial charge in [0, 0.05) is 0 Å². The smallest absolute Gasteiger partial charge is 0.410 e. The van der Waals surface area contributed by atoms with Crippen molar-refractivity contribution in [3.63, 3.8) is 0 Å². The van der Waals surface area contributed by atoms with E-state index in [0.29, 0.717) is 13.1 Å². The standard InChI is InChI=1S/C11H21NO3/c1-8(2)11(14)6-12(7-11)9(13)15-10(3,4)5/h8,14H,6-7H2,1-5H3. The average molecular weight is 215 g/mol. The Labute approximate surface area is 91.2 Å². The molecule has 1 aliphatic rings. The zero-order valence-corrected chi connectivity index (χ0v) is 10.2. The summed E-state index contributed by atoms with van der Waals surface area (Å²) in [7, 11) is 0. The number of β-amino-alcohol motifs (C(OH)–C–C–N with tert-alkyl or cyclic N) is 1. The molecule has 4 heteroatoms. The van der Waals surface area contributed by atoms with Crippen LogP contribution in [0.4, 0.5) is 4.79 Å². The van der Waals surface area contributed by atoms with Gasteiger partial charge in [0.2, 0.25) is 0 Å². The fraction of sp³-hybridized carbons (Fsp3) is 0.909. The summed E-state index contributed by atoms with van der Waals surface area (Å²) in [4.78, 5) is 13.1.